The van der Waals surface area contributed by atoms with Crippen LogP contribution < -0.4 is 5.32 Å². The maximum Gasteiger partial charge on any atom is 0.306 e. The number of nitrogens with zero attached hydrogens (tertiary/aromatic N) is 1. The average Bonchev–Trinajstić information content (AvgIpc) is 2.53. The topological polar surface area (TPSA) is 50.7 Å². The van der Waals surface area contributed by atoms with Crippen molar-refractivity contribution in [1.29, 1.82) is 0 Å². The lowest BCUT2D eigenvalue weighted by atomic mass is 10.3. The minimum absolute atomic E-state index is 0.145. The zero-order chi connectivity index (χ0) is 8.81. The van der Waals surface area contributed by atoms with Crippen LogP contribution in [0.5, 0.6) is 0 Å². The van der Waals surface area contributed by atoms with Crippen LogP contribution in [0.25, 0.3) is 0 Å². The first kappa shape index (κ1) is 9.03. The van der Waals surface area contributed by atoms with E-state index in [9.17, 15) is 4.79 Å². The minimum atomic E-state index is -0.145. The monoisotopic (exact) mass is 170 g/mol. The van der Waals surface area contributed by atoms with E-state index in [1.54, 1.807) is 0 Å². The molecular formula is C8H14N2O2. The van der Waals surface area contributed by atoms with Crippen molar-refractivity contribution in [3.05, 3.63) is 0 Å². The van der Waals surface area contributed by atoms with Crippen LogP contribution in [0.2, 0.25) is 0 Å². The Hall–Kier alpha value is -1.06. The molecule has 1 rings (SSSR count). The van der Waals surface area contributed by atoms with E-state index in [4.69, 9.17) is 4.74 Å². The van der Waals surface area contributed by atoms with Gasteiger partial charge in [0.1, 0.15) is 0 Å². The van der Waals surface area contributed by atoms with Crippen molar-refractivity contribution >= 4 is 11.8 Å². The number of hydrogen-bond acceptors (Lipinski definition) is 4. The van der Waals surface area contributed by atoms with Crippen molar-refractivity contribution in [2.75, 3.05) is 19.7 Å². The first-order valence-electron chi connectivity index (χ1n) is 4.25. The number of esters is 1. The number of amidine groups is 1. The number of rotatable bonds is 4. The molecule has 0 saturated carbocycles. The fraction of sp³-hybridized carbons (Fsp3) is 0.750. The van der Waals surface area contributed by atoms with Gasteiger partial charge in [0.15, 0.2) is 0 Å². The number of carbonyl (C=O) groups excluding carboxylic acids is 1. The van der Waals surface area contributed by atoms with Crippen LogP contribution in [0.15, 0.2) is 4.99 Å². The molecule has 68 valence electrons. The second-order valence-electron chi connectivity index (χ2n) is 2.56. The third-order valence-corrected chi connectivity index (χ3v) is 1.61. The SMILES string of the molecule is CCOC(=O)CCC1=NCCN1. The molecule has 1 aliphatic rings. The van der Waals surface area contributed by atoms with E-state index in [1.807, 2.05) is 6.92 Å². The Labute approximate surface area is 72.0 Å². The lowest BCUT2D eigenvalue weighted by molar-refractivity contribution is -0.142. The number of carbonyl (C=O) groups is 1. The summed E-state index contributed by atoms with van der Waals surface area (Å²) >= 11 is 0. The number of aliphatic imine (C=N–C) groups is 1. The molecule has 0 atom stereocenters. The highest BCUT2D eigenvalue weighted by atomic mass is 16.5. The molecule has 12 heavy (non-hydrogen) atoms. The molecule has 1 aliphatic heterocycles. The smallest absolute Gasteiger partial charge is 0.306 e. The Morgan fingerprint density at radius 2 is 2.58 bits per heavy atom. The van der Waals surface area contributed by atoms with Gasteiger partial charge in [-0.05, 0) is 6.92 Å². The summed E-state index contributed by atoms with van der Waals surface area (Å²) in [5.41, 5.74) is 0. The van der Waals surface area contributed by atoms with Crippen LogP contribution in [-0.4, -0.2) is 31.5 Å². The highest BCUT2D eigenvalue weighted by Crippen LogP contribution is 1.97. The number of nitrogens with one attached hydrogen (secondary N) is 1. The van der Waals surface area contributed by atoms with Gasteiger partial charge in [-0.25, -0.2) is 0 Å². The first-order valence-corrected chi connectivity index (χ1v) is 4.25. The molecule has 0 amide bonds. The standard InChI is InChI=1S/C8H14N2O2/c1-2-12-8(11)4-3-7-9-5-6-10-7/h2-6H2,1H3,(H,9,10). The van der Waals surface area contributed by atoms with Crippen LogP contribution >= 0.6 is 0 Å². The summed E-state index contributed by atoms with van der Waals surface area (Å²) < 4.78 is 4.78. The van der Waals surface area contributed by atoms with Crippen LogP contribution in [0, 0.1) is 0 Å². The Morgan fingerprint density at radius 3 is 3.17 bits per heavy atom. The van der Waals surface area contributed by atoms with Gasteiger partial charge in [-0.15, -0.1) is 0 Å². The molecule has 0 spiro atoms. The molecule has 0 radical (unpaired) electrons. The molecule has 4 nitrogen and oxygen atoms in total. The van der Waals surface area contributed by atoms with Crippen LogP contribution in [0.3, 0.4) is 0 Å². The summed E-state index contributed by atoms with van der Waals surface area (Å²) in [6.45, 7) is 4.00. The predicted octanol–water partition coefficient (Wildman–Crippen LogP) is 0.331. The van der Waals surface area contributed by atoms with E-state index >= 15 is 0 Å². The van der Waals surface area contributed by atoms with E-state index < -0.39 is 0 Å². The quantitative estimate of drug-likeness (QED) is 0.619. The summed E-state index contributed by atoms with van der Waals surface area (Å²) in [7, 11) is 0. The van der Waals surface area contributed by atoms with E-state index in [1.165, 1.54) is 0 Å². The van der Waals surface area contributed by atoms with Gasteiger partial charge in [0.05, 0.1) is 25.4 Å². The fourth-order valence-corrected chi connectivity index (χ4v) is 1.07. The highest BCUT2D eigenvalue weighted by molar-refractivity contribution is 5.86. The van der Waals surface area contributed by atoms with Gasteiger partial charge in [-0.3, -0.25) is 9.79 Å². The zero-order valence-electron chi connectivity index (χ0n) is 7.30. The van der Waals surface area contributed by atoms with Gasteiger partial charge in [-0.1, -0.05) is 0 Å². The summed E-state index contributed by atoms with van der Waals surface area (Å²) in [4.78, 5) is 15.1. The largest absolute Gasteiger partial charge is 0.466 e. The summed E-state index contributed by atoms with van der Waals surface area (Å²) in [6.07, 6.45) is 1.11. The lowest BCUT2D eigenvalue weighted by Crippen LogP contribution is -2.19. The van der Waals surface area contributed by atoms with E-state index in [0.717, 1.165) is 18.9 Å². The first-order chi connectivity index (χ1) is 5.83. The summed E-state index contributed by atoms with van der Waals surface area (Å²) in [5.74, 6) is 0.789. The second kappa shape index (κ2) is 4.74. The van der Waals surface area contributed by atoms with Crippen molar-refractivity contribution < 1.29 is 9.53 Å². The molecule has 0 aliphatic carbocycles. The summed E-state index contributed by atoms with van der Waals surface area (Å²) in [5, 5.41) is 3.10. The second-order valence-corrected chi connectivity index (χ2v) is 2.56. The van der Waals surface area contributed by atoms with Crippen LogP contribution in [0.1, 0.15) is 19.8 Å². The Balaban J connectivity index is 2.12. The van der Waals surface area contributed by atoms with E-state index in [-0.39, 0.29) is 5.97 Å². The van der Waals surface area contributed by atoms with Gasteiger partial charge < -0.3 is 10.1 Å². The van der Waals surface area contributed by atoms with Crippen molar-refractivity contribution in [2.24, 2.45) is 4.99 Å². The molecule has 4 heteroatoms. The maximum atomic E-state index is 10.9. The number of hydrogen-bond donors (Lipinski definition) is 1. The third kappa shape index (κ3) is 2.90. The van der Waals surface area contributed by atoms with Gasteiger partial charge >= 0.3 is 5.97 Å². The molecule has 1 heterocycles. The average molecular weight is 170 g/mol. The van der Waals surface area contributed by atoms with Crippen molar-refractivity contribution in [3.63, 3.8) is 0 Å². The predicted molar refractivity (Wildman–Crippen MR) is 46.2 cm³/mol. The highest BCUT2D eigenvalue weighted by Gasteiger charge is 2.08. The molecule has 0 aromatic carbocycles. The van der Waals surface area contributed by atoms with Gasteiger partial charge in [0.2, 0.25) is 0 Å². The lowest BCUT2D eigenvalue weighted by Gasteiger charge is -2.01. The van der Waals surface area contributed by atoms with Crippen LogP contribution in [0.4, 0.5) is 0 Å². The Kier molecular flexibility index (Phi) is 3.57. The van der Waals surface area contributed by atoms with Crippen LogP contribution in [-0.2, 0) is 9.53 Å². The van der Waals surface area contributed by atoms with Gasteiger partial charge in [0.25, 0.3) is 0 Å². The van der Waals surface area contributed by atoms with Gasteiger partial charge in [0, 0.05) is 13.0 Å². The summed E-state index contributed by atoms with van der Waals surface area (Å²) in [6, 6.07) is 0. The van der Waals surface area contributed by atoms with Crippen molar-refractivity contribution in [2.45, 2.75) is 19.8 Å². The van der Waals surface area contributed by atoms with E-state index in [2.05, 4.69) is 10.3 Å². The molecule has 1 N–H and O–H groups in total. The Morgan fingerprint density at radius 1 is 1.75 bits per heavy atom. The third-order valence-electron chi connectivity index (χ3n) is 1.61. The van der Waals surface area contributed by atoms with Crippen molar-refractivity contribution in [1.82, 2.24) is 5.32 Å². The van der Waals surface area contributed by atoms with E-state index in [0.29, 0.717) is 19.4 Å². The molecule has 0 saturated heterocycles. The molecule has 0 bridgehead atoms. The fourth-order valence-electron chi connectivity index (χ4n) is 1.07. The van der Waals surface area contributed by atoms with Gasteiger partial charge in [-0.2, -0.15) is 0 Å². The molecule has 0 fully saturated rings. The molecular weight excluding hydrogens is 156 g/mol. The van der Waals surface area contributed by atoms with Crippen molar-refractivity contribution in [3.8, 4) is 0 Å². The molecule has 0 aromatic rings. The molecule has 0 unspecified atom stereocenters. The Bertz CT molecular complexity index is 189. The normalized spacial score (nSPS) is 15.2. The maximum absolute atomic E-state index is 10.9. The minimum Gasteiger partial charge on any atom is -0.466 e. The zero-order valence-corrected chi connectivity index (χ0v) is 7.30. The molecule has 0 aromatic heterocycles. The number of ether oxygens (including phenoxy) is 1.